The number of rotatable bonds is 2. The molecule has 2 N–H and O–H groups in total. The lowest BCUT2D eigenvalue weighted by atomic mass is 10.1. The van der Waals surface area contributed by atoms with Crippen LogP contribution >= 0.6 is 15.9 Å². The predicted molar refractivity (Wildman–Crippen MR) is 74.3 cm³/mol. The van der Waals surface area contributed by atoms with E-state index < -0.39 is 6.10 Å². The summed E-state index contributed by atoms with van der Waals surface area (Å²) in [5, 5.41) is 10.3. The Labute approximate surface area is 113 Å². The zero-order valence-electron chi connectivity index (χ0n) is 9.47. The second kappa shape index (κ2) is 4.55. The third kappa shape index (κ3) is 1.94. The Morgan fingerprint density at radius 3 is 2.56 bits per heavy atom. The average molecular weight is 303 g/mol. The van der Waals surface area contributed by atoms with Crippen molar-refractivity contribution < 1.29 is 5.11 Å². The van der Waals surface area contributed by atoms with Crippen LogP contribution in [0.3, 0.4) is 0 Å². The number of aromatic amines is 1. The highest BCUT2D eigenvalue weighted by Crippen LogP contribution is 2.26. The Balaban J connectivity index is 2.07. The molecule has 0 fully saturated rings. The number of H-pyrrole nitrogens is 1. The molecule has 2 aromatic carbocycles. The number of aliphatic hydroxyl groups is 1. The van der Waals surface area contributed by atoms with Crippen LogP contribution in [-0.4, -0.2) is 15.1 Å². The Morgan fingerprint density at radius 2 is 1.83 bits per heavy atom. The summed E-state index contributed by atoms with van der Waals surface area (Å²) >= 11 is 3.45. The van der Waals surface area contributed by atoms with Gasteiger partial charge in [-0.1, -0.05) is 36.4 Å². The van der Waals surface area contributed by atoms with Gasteiger partial charge in [0, 0.05) is 4.47 Å². The summed E-state index contributed by atoms with van der Waals surface area (Å²) in [5.41, 5.74) is 2.57. The molecule has 0 spiro atoms. The van der Waals surface area contributed by atoms with Crippen molar-refractivity contribution in [3.63, 3.8) is 0 Å². The zero-order valence-corrected chi connectivity index (χ0v) is 11.1. The first-order valence-electron chi connectivity index (χ1n) is 5.63. The number of imidazole rings is 1. The smallest absolute Gasteiger partial charge is 0.140 e. The van der Waals surface area contributed by atoms with Crippen molar-refractivity contribution in [3.8, 4) is 0 Å². The Morgan fingerprint density at radius 1 is 1.06 bits per heavy atom. The van der Waals surface area contributed by atoms with Crippen LogP contribution in [0, 0.1) is 0 Å². The van der Waals surface area contributed by atoms with Gasteiger partial charge < -0.3 is 10.1 Å². The number of halogens is 1. The van der Waals surface area contributed by atoms with E-state index >= 15 is 0 Å². The van der Waals surface area contributed by atoms with Gasteiger partial charge in [0.25, 0.3) is 0 Å². The normalized spacial score (nSPS) is 12.8. The molecule has 0 aliphatic carbocycles. The second-order valence-corrected chi connectivity index (χ2v) is 4.93. The molecule has 0 bridgehead atoms. The maximum Gasteiger partial charge on any atom is 0.140 e. The van der Waals surface area contributed by atoms with Crippen molar-refractivity contribution in [1.29, 1.82) is 0 Å². The minimum atomic E-state index is -0.731. The number of hydrogen-bond donors (Lipinski definition) is 2. The lowest BCUT2D eigenvalue weighted by Gasteiger charge is -2.06. The number of hydrogen-bond acceptors (Lipinski definition) is 2. The first-order valence-corrected chi connectivity index (χ1v) is 6.42. The summed E-state index contributed by atoms with van der Waals surface area (Å²) in [7, 11) is 0. The highest BCUT2D eigenvalue weighted by Gasteiger charge is 2.15. The summed E-state index contributed by atoms with van der Waals surface area (Å²) < 4.78 is 0.919. The molecule has 0 unspecified atom stereocenters. The van der Waals surface area contributed by atoms with Gasteiger partial charge in [-0.3, -0.25) is 0 Å². The molecule has 3 nitrogen and oxygen atoms in total. The summed E-state index contributed by atoms with van der Waals surface area (Å²) in [6.45, 7) is 0. The van der Waals surface area contributed by atoms with Gasteiger partial charge in [0.15, 0.2) is 0 Å². The van der Waals surface area contributed by atoms with E-state index in [1.165, 1.54) is 0 Å². The first kappa shape index (κ1) is 11.4. The average Bonchev–Trinajstić information content (AvgIpc) is 2.84. The molecule has 0 saturated carbocycles. The number of para-hydroxylation sites is 1. The molecule has 0 saturated heterocycles. The molecule has 18 heavy (non-hydrogen) atoms. The van der Waals surface area contributed by atoms with Crippen molar-refractivity contribution >= 4 is 27.0 Å². The van der Waals surface area contributed by atoms with Crippen molar-refractivity contribution in [2.75, 3.05) is 0 Å². The molecule has 1 atom stereocenters. The van der Waals surface area contributed by atoms with Crippen molar-refractivity contribution in [3.05, 3.63) is 64.4 Å². The maximum atomic E-state index is 10.3. The molecule has 90 valence electrons. The van der Waals surface area contributed by atoms with Crippen LogP contribution < -0.4 is 0 Å². The number of nitrogens with one attached hydrogen (secondary N) is 1. The summed E-state index contributed by atoms with van der Waals surface area (Å²) in [5.74, 6) is 0.558. The number of benzene rings is 2. The van der Waals surface area contributed by atoms with Crippen LogP contribution in [0.25, 0.3) is 11.0 Å². The van der Waals surface area contributed by atoms with Gasteiger partial charge in [0.2, 0.25) is 0 Å². The number of fused-ring (bicyclic) bond motifs is 1. The van der Waals surface area contributed by atoms with E-state index in [4.69, 9.17) is 0 Å². The van der Waals surface area contributed by atoms with E-state index in [1.54, 1.807) is 0 Å². The Hall–Kier alpha value is -1.65. The molecule has 0 amide bonds. The lowest BCUT2D eigenvalue weighted by Crippen LogP contribution is -2.01. The molecule has 1 heterocycles. The van der Waals surface area contributed by atoms with Gasteiger partial charge in [-0.05, 0) is 33.6 Å². The molecule has 0 aliphatic rings. The Bertz CT molecular complexity index is 679. The van der Waals surface area contributed by atoms with Gasteiger partial charge >= 0.3 is 0 Å². The molecule has 3 rings (SSSR count). The van der Waals surface area contributed by atoms with Gasteiger partial charge in [-0.2, -0.15) is 0 Å². The molecular weight excluding hydrogens is 292 g/mol. The zero-order chi connectivity index (χ0) is 12.5. The van der Waals surface area contributed by atoms with Crippen LogP contribution in [0.4, 0.5) is 0 Å². The van der Waals surface area contributed by atoms with Crippen molar-refractivity contribution in [2.24, 2.45) is 0 Å². The summed E-state index contributed by atoms with van der Waals surface area (Å²) in [6.07, 6.45) is -0.731. The fourth-order valence-corrected chi connectivity index (χ4v) is 2.39. The largest absolute Gasteiger partial charge is 0.380 e. The number of aliphatic hydroxyl groups excluding tert-OH is 1. The number of aromatic nitrogens is 2. The van der Waals surface area contributed by atoms with Crippen LogP contribution in [0.5, 0.6) is 0 Å². The first-order chi connectivity index (χ1) is 8.75. The predicted octanol–water partition coefficient (Wildman–Crippen LogP) is 3.41. The van der Waals surface area contributed by atoms with E-state index in [0.717, 1.165) is 21.1 Å². The summed E-state index contributed by atoms with van der Waals surface area (Å²) in [4.78, 5) is 7.58. The molecule has 0 aliphatic heterocycles. The fraction of sp³-hybridized carbons (Fsp3) is 0.0714. The van der Waals surface area contributed by atoms with E-state index in [2.05, 4.69) is 25.9 Å². The molecular formula is C14H11BrN2O. The molecule has 3 aromatic rings. The van der Waals surface area contributed by atoms with Crippen LogP contribution in [0.1, 0.15) is 17.5 Å². The van der Waals surface area contributed by atoms with Gasteiger partial charge in [0.05, 0.1) is 5.52 Å². The summed E-state index contributed by atoms with van der Waals surface area (Å²) in [6, 6.07) is 15.3. The third-order valence-electron chi connectivity index (χ3n) is 2.86. The molecule has 1 aromatic heterocycles. The van der Waals surface area contributed by atoms with Gasteiger partial charge in [-0.15, -0.1) is 0 Å². The highest BCUT2D eigenvalue weighted by molar-refractivity contribution is 9.10. The topological polar surface area (TPSA) is 48.9 Å². The van der Waals surface area contributed by atoms with Crippen LogP contribution in [0.15, 0.2) is 53.0 Å². The van der Waals surface area contributed by atoms with Crippen molar-refractivity contribution in [1.82, 2.24) is 9.97 Å². The molecule has 4 heteroatoms. The van der Waals surface area contributed by atoms with Crippen LogP contribution in [-0.2, 0) is 0 Å². The third-order valence-corrected chi connectivity index (χ3v) is 3.50. The highest BCUT2D eigenvalue weighted by atomic mass is 79.9. The standard InChI is InChI=1S/C14H11BrN2O/c15-10-7-4-8-11-12(10)17-14(16-11)13(18)9-5-2-1-3-6-9/h1-8,13,18H,(H,16,17)/t13-/m1/s1. The van der Waals surface area contributed by atoms with E-state index in [-0.39, 0.29) is 0 Å². The monoisotopic (exact) mass is 302 g/mol. The van der Waals surface area contributed by atoms with Crippen LogP contribution in [0.2, 0.25) is 0 Å². The number of nitrogens with zero attached hydrogens (tertiary/aromatic N) is 1. The van der Waals surface area contributed by atoms with Crippen molar-refractivity contribution in [2.45, 2.75) is 6.10 Å². The SMILES string of the molecule is O[C@H](c1ccccc1)c1nc2c(Br)cccc2[nH]1. The van der Waals surface area contributed by atoms with E-state index in [1.807, 2.05) is 48.5 Å². The second-order valence-electron chi connectivity index (χ2n) is 4.07. The molecule has 0 radical (unpaired) electrons. The van der Waals surface area contributed by atoms with Gasteiger partial charge in [0.1, 0.15) is 17.4 Å². The maximum absolute atomic E-state index is 10.3. The Kier molecular flexibility index (Phi) is 2.89. The lowest BCUT2D eigenvalue weighted by molar-refractivity contribution is 0.211. The van der Waals surface area contributed by atoms with Gasteiger partial charge in [-0.25, -0.2) is 4.98 Å². The minimum Gasteiger partial charge on any atom is -0.380 e. The van der Waals surface area contributed by atoms with E-state index in [9.17, 15) is 5.11 Å². The minimum absolute atomic E-state index is 0.558. The fourth-order valence-electron chi connectivity index (χ4n) is 1.94. The quantitative estimate of drug-likeness (QED) is 0.762. The van der Waals surface area contributed by atoms with E-state index in [0.29, 0.717) is 5.82 Å².